The van der Waals surface area contributed by atoms with E-state index in [1.54, 1.807) is 18.2 Å². The van der Waals surface area contributed by atoms with E-state index in [9.17, 15) is 8.78 Å². The molecule has 4 rings (SSSR count). The van der Waals surface area contributed by atoms with Gasteiger partial charge in [-0.3, -0.25) is 0 Å². The highest BCUT2D eigenvalue weighted by molar-refractivity contribution is 5.60. The van der Waals surface area contributed by atoms with Gasteiger partial charge in [-0.15, -0.1) is 0 Å². The molecule has 0 fully saturated rings. The number of anilines is 1. The molecule has 0 unspecified atom stereocenters. The van der Waals surface area contributed by atoms with Crippen molar-refractivity contribution in [3.05, 3.63) is 77.4 Å². The number of para-hydroxylation sites is 1. The molecule has 0 aromatic heterocycles. The van der Waals surface area contributed by atoms with Crippen molar-refractivity contribution in [2.24, 2.45) is 5.92 Å². The molecule has 1 heterocycles. The van der Waals surface area contributed by atoms with Crippen LogP contribution < -0.4 is 5.32 Å². The fourth-order valence-corrected chi connectivity index (χ4v) is 3.58. The number of fused-ring (bicyclic) bond motifs is 3. The molecule has 3 atom stereocenters. The minimum atomic E-state index is -0.248. The summed E-state index contributed by atoms with van der Waals surface area (Å²) in [5.74, 6) is 0.109. The van der Waals surface area contributed by atoms with Crippen molar-refractivity contribution in [1.29, 1.82) is 0 Å². The van der Waals surface area contributed by atoms with Gasteiger partial charge in [0, 0.05) is 5.92 Å². The molecule has 2 aliphatic rings. The standard InChI is InChI=1S/C18H15F2N/c19-12-9-7-11(8-10-12)17-14-4-1-3-13(14)15-5-2-6-16(20)18(15)21-17/h1-3,5-10,13-14,17,21H,4H2/t13-,14-,17+/m1/s1. The molecule has 0 saturated heterocycles. The Bertz CT molecular complexity index is 706. The molecular weight excluding hydrogens is 268 g/mol. The minimum Gasteiger partial charge on any atom is -0.375 e. The largest absolute Gasteiger partial charge is 0.375 e. The van der Waals surface area contributed by atoms with Gasteiger partial charge >= 0.3 is 0 Å². The summed E-state index contributed by atoms with van der Waals surface area (Å²) in [5.41, 5.74) is 2.61. The van der Waals surface area contributed by atoms with E-state index in [0.717, 1.165) is 17.5 Å². The first-order chi connectivity index (χ1) is 10.2. The van der Waals surface area contributed by atoms with Crippen molar-refractivity contribution in [3.63, 3.8) is 0 Å². The first-order valence-electron chi connectivity index (χ1n) is 7.21. The molecule has 1 aliphatic heterocycles. The zero-order chi connectivity index (χ0) is 14.4. The summed E-state index contributed by atoms with van der Waals surface area (Å²) in [4.78, 5) is 0. The van der Waals surface area contributed by atoms with Crippen LogP contribution in [0.15, 0.2) is 54.6 Å². The Balaban J connectivity index is 1.81. The summed E-state index contributed by atoms with van der Waals surface area (Å²) >= 11 is 0. The van der Waals surface area contributed by atoms with Crippen molar-refractivity contribution < 1.29 is 8.78 Å². The molecule has 106 valence electrons. The number of allylic oxidation sites excluding steroid dienone is 2. The molecule has 2 aromatic carbocycles. The smallest absolute Gasteiger partial charge is 0.146 e. The Labute approximate surface area is 122 Å². The van der Waals surface area contributed by atoms with Crippen molar-refractivity contribution in [2.45, 2.75) is 18.4 Å². The number of hydrogen-bond donors (Lipinski definition) is 1. The third kappa shape index (κ3) is 1.96. The van der Waals surface area contributed by atoms with E-state index in [1.807, 2.05) is 6.07 Å². The highest BCUT2D eigenvalue weighted by Crippen LogP contribution is 2.50. The summed E-state index contributed by atoms with van der Waals surface area (Å²) in [5, 5.41) is 3.33. The van der Waals surface area contributed by atoms with Crippen LogP contribution in [0.2, 0.25) is 0 Å². The first kappa shape index (κ1) is 12.6. The fourth-order valence-electron chi connectivity index (χ4n) is 3.58. The highest BCUT2D eigenvalue weighted by Gasteiger charge is 2.38. The summed E-state index contributed by atoms with van der Waals surface area (Å²) in [6.07, 6.45) is 5.28. The van der Waals surface area contributed by atoms with Gasteiger partial charge in [0.05, 0.1) is 11.7 Å². The maximum absolute atomic E-state index is 14.1. The van der Waals surface area contributed by atoms with Crippen LogP contribution in [0, 0.1) is 17.6 Å². The third-order valence-electron chi connectivity index (χ3n) is 4.58. The molecule has 0 radical (unpaired) electrons. The fraction of sp³-hybridized carbons (Fsp3) is 0.222. The quantitative estimate of drug-likeness (QED) is 0.742. The summed E-state index contributed by atoms with van der Waals surface area (Å²) in [7, 11) is 0. The summed E-state index contributed by atoms with van der Waals surface area (Å²) < 4.78 is 27.3. The van der Waals surface area contributed by atoms with E-state index in [-0.39, 0.29) is 23.6 Å². The lowest BCUT2D eigenvalue weighted by Gasteiger charge is -2.37. The van der Waals surface area contributed by atoms with Gasteiger partial charge in [0.25, 0.3) is 0 Å². The van der Waals surface area contributed by atoms with Crippen LogP contribution >= 0.6 is 0 Å². The number of benzene rings is 2. The van der Waals surface area contributed by atoms with Gasteiger partial charge in [-0.25, -0.2) is 8.78 Å². The first-order valence-corrected chi connectivity index (χ1v) is 7.21. The third-order valence-corrected chi connectivity index (χ3v) is 4.58. The van der Waals surface area contributed by atoms with Crippen LogP contribution in [-0.2, 0) is 0 Å². The molecule has 0 spiro atoms. The lowest BCUT2D eigenvalue weighted by Crippen LogP contribution is -2.29. The second-order valence-electron chi connectivity index (χ2n) is 5.73. The Morgan fingerprint density at radius 1 is 1.00 bits per heavy atom. The molecule has 1 nitrogen and oxygen atoms in total. The van der Waals surface area contributed by atoms with Crippen LogP contribution in [0.5, 0.6) is 0 Å². The van der Waals surface area contributed by atoms with Gasteiger partial charge in [0.2, 0.25) is 0 Å². The predicted octanol–water partition coefficient (Wildman–Crippen LogP) is 4.79. The molecule has 3 heteroatoms. The van der Waals surface area contributed by atoms with Gasteiger partial charge in [0.1, 0.15) is 11.6 Å². The van der Waals surface area contributed by atoms with E-state index in [4.69, 9.17) is 0 Å². The van der Waals surface area contributed by atoms with Crippen LogP contribution in [0.1, 0.15) is 29.5 Å². The summed E-state index contributed by atoms with van der Waals surface area (Å²) in [6.45, 7) is 0. The molecule has 0 bridgehead atoms. The summed E-state index contributed by atoms with van der Waals surface area (Å²) in [6, 6.07) is 11.7. The number of hydrogen-bond acceptors (Lipinski definition) is 1. The number of rotatable bonds is 1. The van der Waals surface area contributed by atoms with Crippen LogP contribution in [-0.4, -0.2) is 0 Å². The van der Waals surface area contributed by atoms with Crippen molar-refractivity contribution in [3.8, 4) is 0 Å². The SMILES string of the molecule is Fc1ccc([C@@H]2Nc3c(F)cccc3[C@@H]3C=CC[C@H]32)cc1. The van der Waals surface area contributed by atoms with Crippen LogP contribution in [0.4, 0.5) is 14.5 Å². The minimum absolute atomic E-state index is 0.00926. The van der Waals surface area contributed by atoms with E-state index >= 15 is 0 Å². The second kappa shape index (κ2) is 4.69. The highest BCUT2D eigenvalue weighted by atomic mass is 19.1. The molecule has 0 amide bonds. The van der Waals surface area contributed by atoms with Gasteiger partial charge < -0.3 is 5.32 Å². The monoisotopic (exact) mass is 283 g/mol. The Morgan fingerprint density at radius 2 is 1.81 bits per heavy atom. The maximum atomic E-state index is 14.1. The topological polar surface area (TPSA) is 12.0 Å². The Kier molecular flexibility index (Phi) is 2.81. The van der Waals surface area contributed by atoms with E-state index in [1.165, 1.54) is 18.2 Å². The van der Waals surface area contributed by atoms with Crippen LogP contribution in [0.3, 0.4) is 0 Å². The van der Waals surface area contributed by atoms with E-state index < -0.39 is 0 Å². The van der Waals surface area contributed by atoms with Crippen molar-refractivity contribution >= 4 is 5.69 Å². The zero-order valence-corrected chi connectivity index (χ0v) is 11.4. The number of halogens is 2. The molecule has 2 aromatic rings. The molecule has 1 aliphatic carbocycles. The van der Waals surface area contributed by atoms with Gasteiger partial charge in [-0.2, -0.15) is 0 Å². The average molecular weight is 283 g/mol. The van der Waals surface area contributed by atoms with Gasteiger partial charge in [0.15, 0.2) is 0 Å². The van der Waals surface area contributed by atoms with Crippen molar-refractivity contribution in [1.82, 2.24) is 0 Å². The predicted molar refractivity (Wildman–Crippen MR) is 79.2 cm³/mol. The Hall–Kier alpha value is -2.16. The van der Waals surface area contributed by atoms with E-state index in [0.29, 0.717) is 11.6 Å². The normalized spacial score (nSPS) is 26.1. The second-order valence-corrected chi connectivity index (χ2v) is 5.73. The lowest BCUT2D eigenvalue weighted by atomic mass is 9.77. The zero-order valence-electron chi connectivity index (χ0n) is 11.4. The lowest BCUT2D eigenvalue weighted by molar-refractivity contribution is 0.420. The average Bonchev–Trinajstić information content (AvgIpc) is 2.98. The molecule has 0 saturated carbocycles. The van der Waals surface area contributed by atoms with Gasteiger partial charge in [-0.1, -0.05) is 36.4 Å². The maximum Gasteiger partial charge on any atom is 0.146 e. The van der Waals surface area contributed by atoms with Crippen LogP contribution in [0.25, 0.3) is 0 Å². The Morgan fingerprint density at radius 3 is 2.62 bits per heavy atom. The van der Waals surface area contributed by atoms with E-state index in [2.05, 4.69) is 17.5 Å². The molecule has 1 N–H and O–H groups in total. The van der Waals surface area contributed by atoms with Gasteiger partial charge in [-0.05, 0) is 41.7 Å². The van der Waals surface area contributed by atoms with Crippen molar-refractivity contribution in [2.75, 3.05) is 5.32 Å². The molecule has 21 heavy (non-hydrogen) atoms. The molecular formula is C18H15F2N. The number of nitrogens with one attached hydrogen (secondary N) is 1.